The number of esters is 4. The predicted molar refractivity (Wildman–Crippen MR) is 386 cm³/mol. The topological polar surface area (TPSA) is 237 Å². The normalized spacial score (nSPS) is 13.9. The highest BCUT2D eigenvalue weighted by Gasteiger charge is 2.30. The SMILES string of the molecule is CCCCCCCCCCCCCCCCCCCC(=O)OC[C@H](COP(=O)(O)OC[C@@H](O)COP(=O)(O)OC[C@@H](COC(=O)CCCCCCC)OC(=O)CCCCCCCCCCCCCCCCC)OC(=O)CCCCCCCCCCCCCCCCCC(C)C. The van der Waals surface area contributed by atoms with Crippen LogP contribution in [0.5, 0.6) is 0 Å². The third kappa shape index (κ3) is 70.3. The van der Waals surface area contributed by atoms with Gasteiger partial charge in [0, 0.05) is 25.7 Å². The highest BCUT2D eigenvalue weighted by molar-refractivity contribution is 7.47. The van der Waals surface area contributed by atoms with Gasteiger partial charge < -0.3 is 33.8 Å². The van der Waals surface area contributed by atoms with Crippen LogP contribution < -0.4 is 0 Å². The van der Waals surface area contributed by atoms with Crippen LogP contribution in [0.2, 0.25) is 0 Å². The Morgan fingerprint density at radius 1 is 0.284 bits per heavy atom. The molecular weight excluding hydrogens is 1250 g/mol. The number of hydrogen-bond acceptors (Lipinski definition) is 15. The third-order valence-corrected chi connectivity index (χ3v) is 19.7. The maximum Gasteiger partial charge on any atom is 0.472 e. The van der Waals surface area contributed by atoms with Crippen molar-refractivity contribution < 1.29 is 80.2 Å². The molecule has 0 bridgehead atoms. The van der Waals surface area contributed by atoms with Crippen LogP contribution in [0.4, 0.5) is 0 Å². The summed E-state index contributed by atoms with van der Waals surface area (Å²) >= 11 is 0. The number of ether oxygens (including phenoxy) is 4. The van der Waals surface area contributed by atoms with E-state index in [9.17, 15) is 43.2 Å². The molecule has 0 saturated carbocycles. The van der Waals surface area contributed by atoms with Gasteiger partial charge in [0.2, 0.25) is 0 Å². The molecule has 5 atom stereocenters. The maximum absolute atomic E-state index is 13.1. The van der Waals surface area contributed by atoms with E-state index in [1.165, 1.54) is 218 Å². The van der Waals surface area contributed by atoms with Crippen molar-refractivity contribution in [3.05, 3.63) is 0 Å². The molecule has 0 aliphatic heterocycles. The van der Waals surface area contributed by atoms with Gasteiger partial charge in [-0.25, -0.2) is 9.13 Å². The van der Waals surface area contributed by atoms with Crippen molar-refractivity contribution >= 4 is 39.5 Å². The van der Waals surface area contributed by atoms with Gasteiger partial charge in [-0.15, -0.1) is 0 Å². The van der Waals surface area contributed by atoms with E-state index in [1.54, 1.807) is 0 Å². The zero-order valence-corrected chi connectivity index (χ0v) is 63.6. The van der Waals surface area contributed by atoms with E-state index in [4.69, 9.17) is 37.0 Å². The van der Waals surface area contributed by atoms with Gasteiger partial charge in [-0.05, 0) is 31.6 Å². The lowest BCUT2D eigenvalue weighted by Gasteiger charge is -2.21. The molecule has 2 unspecified atom stereocenters. The van der Waals surface area contributed by atoms with Crippen molar-refractivity contribution in [1.82, 2.24) is 0 Å². The van der Waals surface area contributed by atoms with Crippen molar-refractivity contribution in [3.63, 3.8) is 0 Å². The molecule has 0 aromatic carbocycles. The standard InChI is InChI=1S/C76H148O17P2/c1-6-9-12-15-17-19-21-23-25-26-30-33-37-41-45-50-55-60-74(79)87-66-72(93-76(81)62-57-52-47-43-39-35-31-27-29-32-36-40-44-49-53-58-69(4)5)68-91-95(84,85)89-64-70(77)63-88-94(82,83)90-67-71(65-86-73(78)59-54-48-14-11-8-3)92-75(80)61-56-51-46-42-38-34-28-24-22-20-18-16-13-10-7-2/h69-72,77H,6-68H2,1-5H3,(H,82,83)(H,84,85)/t70-,71+,72+/m0/s1. The lowest BCUT2D eigenvalue weighted by atomic mass is 10.0. The predicted octanol–water partition coefficient (Wildman–Crippen LogP) is 22.5. The second-order valence-corrected chi connectivity index (χ2v) is 30.8. The largest absolute Gasteiger partial charge is 0.472 e. The number of phosphoric acid groups is 2. The third-order valence-electron chi connectivity index (χ3n) is 17.8. The number of carbonyl (C=O) groups excluding carboxylic acids is 4. The summed E-state index contributed by atoms with van der Waals surface area (Å²) in [4.78, 5) is 72.5. The molecule has 0 saturated heterocycles. The molecule has 0 aromatic rings. The Kier molecular flexibility index (Phi) is 67.7. The molecule has 17 nitrogen and oxygen atoms in total. The summed E-state index contributed by atoms with van der Waals surface area (Å²) in [6.07, 6.45) is 58.6. The summed E-state index contributed by atoms with van der Waals surface area (Å²) in [5, 5.41) is 10.6. The molecule has 0 amide bonds. The lowest BCUT2D eigenvalue weighted by molar-refractivity contribution is -0.161. The molecule has 3 N–H and O–H groups in total. The minimum Gasteiger partial charge on any atom is -0.462 e. The molecule has 19 heteroatoms. The minimum atomic E-state index is -4.95. The molecule has 0 aromatic heterocycles. The van der Waals surface area contributed by atoms with E-state index in [1.807, 2.05) is 0 Å². The fourth-order valence-electron chi connectivity index (χ4n) is 11.7. The Balaban J connectivity index is 5.14. The Morgan fingerprint density at radius 2 is 0.484 bits per heavy atom. The quantitative estimate of drug-likeness (QED) is 0.0222. The molecule has 564 valence electrons. The van der Waals surface area contributed by atoms with Crippen LogP contribution in [-0.4, -0.2) is 96.7 Å². The maximum atomic E-state index is 13.1. The number of unbranched alkanes of at least 4 members (excludes halogenated alkanes) is 48. The fraction of sp³-hybridized carbons (Fsp3) is 0.947. The number of aliphatic hydroxyl groups is 1. The first-order chi connectivity index (χ1) is 46.0. The zero-order chi connectivity index (χ0) is 69.8. The van der Waals surface area contributed by atoms with Gasteiger partial charge in [0.05, 0.1) is 26.4 Å². The van der Waals surface area contributed by atoms with E-state index in [-0.39, 0.29) is 25.7 Å². The van der Waals surface area contributed by atoms with Crippen molar-refractivity contribution in [2.24, 2.45) is 5.92 Å². The fourth-order valence-corrected chi connectivity index (χ4v) is 13.3. The van der Waals surface area contributed by atoms with Gasteiger partial charge in [0.25, 0.3) is 0 Å². The first kappa shape index (κ1) is 93.1. The highest BCUT2D eigenvalue weighted by Crippen LogP contribution is 2.45. The van der Waals surface area contributed by atoms with Gasteiger partial charge in [0.15, 0.2) is 12.2 Å². The Morgan fingerprint density at radius 3 is 0.716 bits per heavy atom. The van der Waals surface area contributed by atoms with Crippen molar-refractivity contribution in [1.29, 1.82) is 0 Å². The van der Waals surface area contributed by atoms with Gasteiger partial charge in [-0.3, -0.25) is 37.3 Å². The summed E-state index contributed by atoms with van der Waals surface area (Å²) in [7, 11) is -9.90. The second-order valence-electron chi connectivity index (χ2n) is 27.9. The molecule has 0 heterocycles. The lowest BCUT2D eigenvalue weighted by Crippen LogP contribution is -2.30. The average molecular weight is 1400 g/mol. The van der Waals surface area contributed by atoms with Gasteiger partial charge in [-0.1, -0.05) is 349 Å². The molecule has 0 aliphatic rings. The number of carbonyl (C=O) groups is 4. The molecule has 95 heavy (non-hydrogen) atoms. The van der Waals surface area contributed by atoms with E-state index < -0.39 is 97.5 Å². The molecule has 0 spiro atoms. The Hall–Kier alpha value is -1.94. The Labute approximate surface area is 581 Å². The van der Waals surface area contributed by atoms with Crippen LogP contribution in [0, 0.1) is 5.92 Å². The summed E-state index contributed by atoms with van der Waals surface area (Å²) in [5.41, 5.74) is 0. The summed E-state index contributed by atoms with van der Waals surface area (Å²) in [6, 6.07) is 0. The molecule has 0 rings (SSSR count). The van der Waals surface area contributed by atoms with Crippen LogP contribution in [0.1, 0.15) is 401 Å². The summed E-state index contributed by atoms with van der Waals surface area (Å²) in [5.74, 6) is -1.32. The van der Waals surface area contributed by atoms with Crippen molar-refractivity contribution in [2.45, 2.75) is 419 Å². The molecule has 0 aliphatic carbocycles. The first-order valence-electron chi connectivity index (χ1n) is 39.6. The number of phosphoric ester groups is 2. The van der Waals surface area contributed by atoms with Gasteiger partial charge in [0.1, 0.15) is 19.3 Å². The Bertz CT molecular complexity index is 1820. The number of aliphatic hydroxyl groups excluding tert-OH is 1. The van der Waals surface area contributed by atoms with E-state index in [2.05, 4.69) is 34.6 Å². The van der Waals surface area contributed by atoms with Gasteiger partial charge >= 0.3 is 39.5 Å². The summed E-state index contributed by atoms with van der Waals surface area (Å²) < 4.78 is 68.3. The van der Waals surface area contributed by atoms with Crippen LogP contribution >= 0.6 is 15.6 Å². The average Bonchev–Trinajstić information content (AvgIpc) is 2.97. The van der Waals surface area contributed by atoms with Crippen LogP contribution in [0.15, 0.2) is 0 Å². The second kappa shape index (κ2) is 69.2. The monoisotopic (exact) mass is 1400 g/mol. The van der Waals surface area contributed by atoms with E-state index >= 15 is 0 Å². The molecular formula is C76H148O17P2. The van der Waals surface area contributed by atoms with E-state index in [0.717, 1.165) is 102 Å². The van der Waals surface area contributed by atoms with Crippen molar-refractivity contribution in [2.75, 3.05) is 39.6 Å². The van der Waals surface area contributed by atoms with Crippen molar-refractivity contribution in [3.8, 4) is 0 Å². The van der Waals surface area contributed by atoms with Crippen LogP contribution in [0.25, 0.3) is 0 Å². The first-order valence-corrected chi connectivity index (χ1v) is 42.6. The molecule has 0 radical (unpaired) electrons. The van der Waals surface area contributed by atoms with Crippen LogP contribution in [-0.2, 0) is 65.4 Å². The van der Waals surface area contributed by atoms with Crippen LogP contribution in [0.3, 0.4) is 0 Å². The number of rotatable bonds is 76. The smallest absolute Gasteiger partial charge is 0.462 e. The van der Waals surface area contributed by atoms with E-state index in [0.29, 0.717) is 25.7 Å². The summed E-state index contributed by atoms with van der Waals surface area (Å²) in [6.45, 7) is 7.24. The number of hydrogen-bond donors (Lipinski definition) is 3. The highest BCUT2D eigenvalue weighted by atomic mass is 31.2. The minimum absolute atomic E-state index is 0.107. The zero-order valence-electron chi connectivity index (χ0n) is 61.8. The molecule has 0 fully saturated rings. The van der Waals surface area contributed by atoms with Gasteiger partial charge in [-0.2, -0.15) is 0 Å².